The first-order chi connectivity index (χ1) is 6.74. The van der Waals surface area contributed by atoms with E-state index < -0.39 is 0 Å². The topological polar surface area (TPSA) is 3.24 Å². The van der Waals surface area contributed by atoms with Crippen molar-refractivity contribution >= 4 is 0 Å². The van der Waals surface area contributed by atoms with Gasteiger partial charge in [-0.05, 0) is 51.5 Å². The molecule has 0 aromatic rings. The van der Waals surface area contributed by atoms with E-state index in [4.69, 9.17) is 0 Å². The summed E-state index contributed by atoms with van der Waals surface area (Å²) in [6, 6.07) is 0. The van der Waals surface area contributed by atoms with Gasteiger partial charge in [0, 0.05) is 12.1 Å². The molecule has 0 saturated heterocycles. The molecule has 2 saturated carbocycles. The Morgan fingerprint density at radius 3 is 2.43 bits per heavy atom. The van der Waals surface area contributed by atoms with Gasteiger partial charge >= 0.3 is 0 Å². The highest BCUT2D eigenvalue weighted by Crippen LogP contribution is 2.43. The molecule has 14 heavy (non-hydrogen) atoms. The van der Waals surface area contributed by atoms with Crippen LogP contribution in [0.3, 0.4) is 0 Å². The van der Waals surface area contributed by atoms with Crippen molar-refractivity contribution < 1.29 is 0 Å². The predicted molar refractivity (Wildman–Crippen MR) is 61.5 cm³/mol. The van der Waals surface area contributed by atoms with Gasteiger partial charge in [0.25, 0.3) is 0 Å². The van der Waals surface area contributed by atoms with Crippen molar-refractivity contribution in [3.8, 4) is 0 Å². The molecule has 0 atom stereocenters. The van der Waals surface area contributed by atoms with E-state index in [-0.39, 0.29) is 0 Å². The largest absolute Gasteiger partial charge is 0.298 e. The van der Waals surface area contributed by atoms with Gasteiger partial charge in [0.05, 0.1) is 0 Å². The fourth-order valence-corrected chi connectivity index (χ4v) is 2.41. The molecular formula is C13H25N. The van der Waals surface area contributed by atoms with Crippen molar-refractivity contribution in [1.82, 2.24) is 4.90 Å². The van der Waals surface area contributed by atoms with Gasteiger partial charge in [-0.3, -0.25) is 4.90 Å². The summed E-state index contributed by atoms with van der Waals surface area (Å²) in [5.74, 6) is 1.05. The quantitative estimate of drug-likeness (QED) is 0.627. The Bertz CT molecular complexity index is 180. The maximum Gasteiger partial charge on any atom is 0.0182 e. The third-order valence-corrected chi connectivity index (χ3v) is 4.22. The molecule has 0 spiro atoms. The van der Waals surface area contributed by atoms with Crippen LogP contribution in [-0.2, 0) is 0 Å². The van der Waals surface area contributed by atoms with E-state index in [2.05, 4.69) is 18.7 Å². The highest BCUT2D eigenvalue weighted by atomic mass is 15.2. The highest BCUT2D eigenvalue weighted by molar-refractivity contribution is 5.00. The van der Waals surface area contributed by atoms with Crippen LogP contribution >= 0.6 is 0 Å². The molecule has 0 radical (unpaired) electrons. The minimum absolute atomic E-state index is 0.616. The molecular weight excluding hydrogens is 170 g/mol. The first kappa shape index (κ1) is 10.5. The maximum absolute atomic E-state index is 2.79. The second-order valence-corrected chi connectivity index (χ2v) is 5.59. The number of rotatable bonds is 6. The molecule has 0 bridgehead atoms. The molecule has 0 aromatic heterocycles. The van der Waals surface area contributed by atoms with Crippen molar-refractivity contribution in [3.63, 3.8) is 0 Å². The molecule has 1 nitrogen and oxygen atoms in total. The molecule has 82 valence electrons. The third-order valence-electron chi connectivity index (χ3n) is 4.22. The van der Waals surface area contributed by atoms with E-state index in [0.29, 0.717) is 5.54 Å². The molecule has 2 aliphatic rings. The summed E-state index contributed by atoms with van der Waals surface area (Å²) in [6.45, 7) is 7.51. The number of hydrogen-bond donors (Lipinski definition) is 0. The highest BCUT2D eigenvalue weighted by Gasteiger charge is 2.43. The summed E-state index contributed by atoms with van der Waals surface area (Å²) < 4.78 is 0. The molecule has 0 N–H and O–H groups in total. The molecule has 2 fully saturated rings. The van der Waals surface area contributed by atoms with Gasteiger partial charge in [0.2, 0.25) is 0 Å². The Morgan fingerprint density at radius 2 is 2.00 bits per heavy atom. The van der Waals surface area contributed by atoms with E-state index in [9.17, 15) is 0 Å². The number of nitrogens with zero attached hydrogens (tertiary/aromatic N) is 1. The lowest BCUT2D eigenvalue weighted by Gasteiger charge is -2.36. The van der Waals surface area contributed by atoms with E-state index in [0.717, 1.165) is 5.92 Å². The first-order valence-corrected chi connectivity index (χ1v) is 6.50. The van der Waals surface area contributed by atoms with Crippen LogP contribution in [0.25, 0.3) is 0 Å². The Kier molecular flexibility index (Phi) is 3.16. The summed E-state index contributed by atoms with van der Waals surface area (Å²) in [4.78, 5) is 2.79. The van der Waals surface area contributed by atoms with E-state index in [1.165, 1.54) is 58.0 Å². The van der Waals surface area contributed by atoms with Crippen molar-refractivity contribution in [2.75, 3.05) is 13.1 Å². The molecule has 0 heterocycles. The second-order valence-electron chi connectivity index (χ2n) is 5.59. The lowest BCUT2D eigenvalue weighted by molar-refractivity contribution is 0.125. The molecule has 0 aromatic carbocycles. The molecule has 2 rings (SSSR count). The first-order valence-electron chi connectivity index (χ1n) is 6.50. The number of hydrogen-bond acceptors (Lipinski definition) is 1. The van der Waals surface area contributed by atoms with Crippen LogP contribution in [0.15, 0.2) is 0 Å². The summed E-state index contributed by atoms with van der Waals surface area (Å²) >= 11 is 0. The van der Waals surface area contributed by atoms with Gasteiger partial charge in [0.15, 0.2) is 0 Å². The zero-order valence-corrected chi connectivity index (χ0v) is 9.89. The van der Waals surface area contributed by atoms with Crippen LogP contribution in [0.5, 0.6) is 0 Å². The van der Waals surface area contributed by atoms with Gasteiger partial charge in [-0.25, -0.2) is 0 Å². The van der Waals surface area contributed by atoms with Crippen molar-refractivity contribution in [1.29, 1.82) is 0 Å². The summed E-state index contributed by atoms with van der Waals surface area (Å²) in [7, 11) is 0. The Morgan fingerprint density at radius 1 is 1.29 bits per heavy atom. The Hall–Kier alpha value is -0.0400. The fraction of sp³-hybridized carbons (Fsp3) is 1.00. The molecule has 0 amide bonds. The van der Waals surface area contributed by atoms with Crippen LogP contribution in [0.2, 0.25) is 0 Å². The van der Waals surface area contributed by atoms with Crippen molar-refractivity contribution in [2.45, 2.75) is 64.3 Å². The summed E-state index contributed by atoms with van der Waals surface area (Å²) in [6.07, 6.45) is 10.1. The van der Waals surface area contributed by atoms with Gasteiger partial charge in [-0.1, -0.05) is 19.8 Å². The van der Waals surface area contributed by atoms with Crippen LogP contribution in [-0.4, -0.2) is 23.5 Å². The Labute approximate surface area is 88.9 Å². The lowest BCUT2D eigenvalue weighted by atomic mass is 9.84. The molecule has 0 aliphatic heterocycles. The third kappa shape index (κ3) is 2.31. The smallest absolute Gasteiger partial charge is 0.0182 e. The van der Waals surface area contributed by atoms with Crippen molar-refractivity contribution in [2.24, 2.45) is 5.92 Å². The van der Waals surface area contributed by atoms with Gasteiger partial charge < -0.3 is 0 Å². The van der Waals surface area contributed by atoms with Crippen LogP contribution in [0.1, 0.15) is 58.8 Å². The molecule has 0 unspecified atom stereocenters. The van der Waals surface area contributed by atoms with Gasteiger partial charge in [-0.15, -0.1) is 0 Å². The van der Waals surface area contributed by atoms with Crippen LogP contribution < -0.4 is 0 Å². The van der Waals surface area contributed by atoms with Crippen LogP contribution in [0, 0.1) is 5.92 Å². The minimum Gasteiger partial charge on any atom is -0.298 e. The van der Waals surface area contributed by atoms with Crippen LogP contribution in [0.4, 0.5) is 0 Å². The van der Waals surface area contributed by atoms with Crippen molar-refractivity contribution in [3.05, 3.63) is 0 Å². The zero-order valence-electron chi connectivity index (χ0n) is 9.89. The van der Waals surface area contributed by atoms with Gasteiger partial charge in [0.1, 0.15) is 0 Å². The van der Waals surface area contributed by atoms with E-state index >= 15 is 0 Å². The average molecular weight is 195 g/mol. The predicted octanol–water partition coefficient (Wildman–Crippen LogP) is 3.44. The lowest BCUT2D eigenvalue weighted by Crippen LogP contribution is -2.41. The van der Waals surface area contributed by atoms with E-state index in [1.807, 2.05) is 0 Å². The SMILES string of the molecule is CCCCN(CC1CCC1)C1(C)CC1. The Balaban J connectivity index is 1.78. The molecule has 2 aliphatic carbocycles. The van der Waals surface area contributed by atoms with E-state index in [1.54, 1.807) is 0 Å². The number of unbranched alkanes of at least 4 members (excludes halogenated alkanes) is 1. The maximum atomic E-state index is 2.79. The second kappa shape index (κ2) is 4.22. The van der Waals surface area contributed by atoms with Gasteiger partial charge in [-0.2, -0.15) is 0 Å². The molecule has 1 heteroatoms. The minimum atomic E-state index is 0.616. The zero-order chi connectivity index (χ0) is 10.0. The average Bonchev–Trinajstić information content (AvgIpc) is 2.81. The summed E-state index contributed by atoms with van der Waals surface area (Å²) in [5.41, 5.74) is 0.616. The summed E-state index contributed by atoms with van der Waals surface area (Å²) in [5, 5.41) is 0. The monoisotopic (exact) mass is 195 g/mol. The normalized spacial score (nSPS) is 25.1. The standard InChI is InChI=1S/C13H25N/c1-3-4-10-14(13(2)8-9-13)11-12-6-5-7-12/h12H,3-11H2,1-2H3. The fourth-order valence-electron chi connectivity index (χ4n) is 2.41.